The molecule has 1 nitrogen and oxygen atoms in total. The second-order valence-electron chi connectivity index (χ2n) is 2.98. The van der Waals surface area contributed by atoms with Crippen LogP contribution in [-0.4, -0.2) is 7.05 Å². The second-order valence-corrected chi connectivity index (χ2v) is 2.98. The molecule has 1 aromatic carbocycles. The average molecular weight is 179 g/mol. The van der Waals surface area contributed by atoms with Crippen LogP contribution in [0.4, 0.5) is 4.39 Å². The molecule has 1 atom stereocenters. The van der Waals surface area contributed by atoms with Gasteiger partial charge in [-0.1, -0.05) is 24.3 Å². The molecule has 0 spiro atoms. The minimum atomic E-state index is -0.151. The SMILES string of the molecule is C=CC(NC)c1cccc(C)c1F. The molecule has 1 aromatic rings. The standard InChI is InChI=1S/C11H14FN/c1-4-10(13-3)9-7-5-6-8(2)11(9)12/h4-7,10,13H,1H2,2-3H3. The lowest BCUT2D eigenvalue weighted by molar-refractivity contribution is 0.575. The van der Waals surface area contributed by atoms with E-state index in [1.165, 1.54) is 0 Å². The van der Waals surface area contributed by atoms with Crippen molar-refractivity contribution >= 4 is 0 Å². The van der Waals surface area contributed by atoms with Gasteiger partial charge in [0.2, 0.25) is 0 Å². The van der Waals surface area contributed by atoms with E-state index in [0.29, 0.717) is 11.1 Å². The number of nitrogens with one attached hydrogen (secondary N) is 1. The first-order valence-electron chi connectivity index (χ1n) is 4.25. The Bertz CT molecular complexity index is 307. The van der Waals surface area contributed by atoms with Crippen molar-refractivity contribution in [1.82, 2.24) is 5.32 Å². The lowest BCUT2D eigenvalue weighted by Gasteiger charge is -2.13. The van der Waals surface area contributed by atoms with E-state index in [-0.39, 0.29) is 11.9 Å². The van der Waals surface area contributed by atoms with Crippen LogP contribution in [0.5, 0.6) is 0 Å². The Balaban J connectivity index is 3.13. The highest BCUT2D eigenvalue weighted by Crippen LogP contribution is 2.19. The molecule has 0 amide bonds. The van der Waals surface area contributed by atoms with Crippen LogP contribution in [0.1, 0.15) is 17.2 Å². The highest BCUT2D eigenvalue weighted by Gasteiger charge is 2.10. The Kier molecular flexibility index (Phi) is 3.20. The van der Waals surface area contributed by atoms with Crippen LogP contribution in [0.3, 0.4) is 0 Å². The number of halogens is 1. The third-order valence-electron chi connectivity index (χ3n) is 2.10. The number of benzene rings is 1. The molecule has 70 valence electrons. The summed E-state index contributed by atoms with van der Waals surface area (Å²) in [7, 11) is 1.79. The Morgan fingerprint density at radius 1 is 1.54 bits per heavy atom. The van der Waals surface area contributed by atoms with Gasteiger partial charge in [-0.2, -0.15) is 0 Å². The smallest absolute Gasteiger partial charge is 0.131 e. The first kappa shape index (κ1) is 9.93. The first-order chi connectivity index (χ1) is 6.20. The van der Waals surface area contributed by atoms with Crippen molar-refractivity contribution in [3.8, 4) is 0 Å². The average Bonchev–Trinajstić information content (AvgIpc) is 2.14. The van der Waals surface area contributed by atoms with Crippen molar-refractivity contribution < 1.29 is 4.39 Å². The van der Waals surface area contributed by atoms with E-state index in [1.807, 2.05) is 6.07 Å². The van der Waals surface area contributed by atoms with Gasteiger partial charge in [-0.3, -0.25) is 0 Å². The van der Waals surface area contributed by atoms with Crippen molar-refractivity contribution in [1.29, 1.82) is 0 Å². The molecule has 13 heavy (non-hydrogen) atoms. The number of aryl methyl sites for hydroxylation is 1. The zero-order valence-electron chi connectivity index (χ0n) is 7.97. The van der Waals surface area contributed by atoms with E-state index < -0.39 is 0 Å². The Morgan fingerprint density at radius 3 is 2.77 bits per heavy atom. The van der Waals surface area contributed by atoms with Crippen molar-refractivity contribution in [3.63, 3.8) is 0 Å². The van der Waals surface area contributed by atoms with E-state index in [4.69, 9.17) is 0 Å². The fourth-order valence-electron chi connectivity index (χ4n) is 1.31. The summed E-state index contributed by atoms with van der Waals surface area (Å²) in [6.45, 7) is 5.41. The number of hydrogen-bond donors (Lipinski definition) is 1. The maximum absolute atomic E-state index is 13.5. The maximum Gasteiger partial charge on any atom is 0.131 e. The van der Waals surface area contributed by atoms with Gasteiger partial charge in [0.1, 0.15) is 5.82 Å². The molecule has 1 rings (SSSR count). The molecule has 0 aliphatic carbocycles. The third kappa shape index (κ3) is 1.95. The van der Waals surface area contributed by atoms with E-state index in [0.717, 1.165) is 0 Å². The quantitative estimate of drug-likeness (QED) is 0.703. The van der Waals surface area contributed by atoms with Gasteiger partial charge >= 0.3 is 0 Å². The molecular formula is C11H14FN. The highest BCUT2D eigenvalue weighted by molar-refractivity contribution is 5.29. The van der Waals surface area contributed by atoms with Gasteiger partial charge in [0.05, 0.1) is 6.04 Å². The Morgan fingerprint density at radius 2 is 2.23 bits per heavy atom. The molecule has 0 aliphatic rings. The van der Waals surface area contributed by atoms with Crippen LogP contribution in [0, 0.1) is 12.7 Å². The molecule has 1 N–H and O–H groups in total. The molecule has 0 saturated carbocycles. The van der Waals surface area contributed by atoms with Crippen LogP contribution < -0.4 is 5.32 Å². The van der Waals surface area contributed by atoms with Crippen LogP contribution >= 0.6 is 0 Å². The van der Waals surface area contributed by atoms with E-state index >= 15 is 0 Å². The summed E-state index contributed by atoms with van der Waals surface area (Å²) in [4.78, 5) is 0. The van der Waals surface area contributed by atoms with Gasteiger partial charge in [0.15, 0.2) is 0 Å². The summed E-state index contributed by atoms with van der Waals surface area (Å²) in [5, 5.41) is 2.98. The van der Waals surface area contributed by atoms with Gasteiger partial charge in [-0.05, 0) is 19.5 Å². The topological polar surface area (TPSA) is 12.0 Å². The van der Waals surface area contributed by atoms with E-state index in [9.17, 15) is 4.39 Å². The van der Waals surface area contributed by atoms with Gasteiger partial charge in [0, 0.05) is 5.56 Å². The summed E-state index contributed by atoms with van der Waals surface area (Å²) in [5.74, 6) is -0.151. The van der Waals surface area contributed by atoms with Crippen molar-refractivity contribution in [2.45, 2.75) is 13.0 Å². The first-order valence-corrected chi connectivity index (χ1v) is 4.25. The van der Waals surface area contributed by atoms with Gasteiger partial charge in [0.25, 0.3) is 0 Å². The highest BCUT2D eigenvalue weighted by atomic mass is 19.1. The Hall–Kier alpha value is -1.15. The summed E-state index contributed by atoms with van der Waals surface area (Å²) < 4.78 is 13.5. The number of rotatable bonds is 3. The minimum absolute atomic E-state index is 0.111. The zero-order chi connectivity index (χ0) is 9.84. The van der Waals surface area contributed by atoms with E-state index in [2.05, 4.69) is 11.9 Å². The molecule has 0 saturated heterocycles. The third-order valence-corrected chi connectivity index (χ3v) is 2.10. The molecule has 2 heteroatoms. The molecule has 0 heterocycles. The fourth-order valence-corrected chi connectivity index (χ4v) is 1.31. The molecule has 1 unspecified atom stereocenters. The van der Waals surface area contributed by atoms with Crippen LogP contribution in [0.15, 0.2) is 30.9 Å². The van der Waals surface area contributed by atoms with Crippen molar-refractivity contribution in [2.75, 3.05) is 7.05 Å². The fraction of sp³-hybridized carbons (Fsp3) is 0.273. The number of likely N-dealkylation sites (N-methyl/N-ethyl adjacent to an activating group) is 1. The lowest BCUT2D eigenvalue weighted by Crippen LogP contribution is -2.15. The Labute approximate surface area is 78.3 Å². The van der Waals surface area contributed by atoms with Crippen LogP contribution in [0.25, 0.3) is 0 Å². The normalized spacial score (nSPS) is 12.5. The van der Waals surface area contributed by atoms with Crippen LogP contribution in [-0.2, 0) is 0 Å². The van der Waals surface area contributed by atoms with Gasteiger partial charge in [-0.25, -0.2) is 4.39 Å². The molecule has 0 bridgehead atoms. The number of hydrogen-bond acceptors (Lipinski definition) is 1. The van der Waals surface area contributed by atoms with Crippen molar-refractivity contribution in [3.05, 3.63) is 47.8 Å². The van der Waals surface area contributed by atoms with Crippen molar-refractivity contribution in [2.24, 2.45) is 0 Å². The molecule has 0 aliphatic heterocycles. The molecular weight excluding hydrogens is 165 g/mol. The molecule has 0 radical (unpaired) electrons. The largest absolute Gasteiger partial charge is 0.310 e. The zero-order valence-corrected chi connectivity index (χ0v) is 7.97. The predicted octanol–water partition coefficient (Wildman–Crippen LogP) is 2.58. The summed E-state index contributed by atoms with van der Waals surface area (Å²) in [5.41, 5.74) is 1.32. The summed E-state index contributed by atoms with van der Waals surface area (Å²) in [6.07, 6.45) is 1.69. The lowest BCUT2D eigenvalue weighted by atomic mass is 10.0. The second kappa shape index (κ2) is 4.19. The summed E-state index contributed by atoms with van der Waals surface area (Å²) >= 11 is 0. The van der Waals surface area contributed by atoms with Crippen LogP contribution in [0.2, 0.25) is 0 Å². The maximum atomic E-state index is 13.5. The van der Waals surface area contributed by atoms with Gasteiger partial charge in [-0.15, -0.1) is 6.58 Å². The molecule has 0 aromatic heterocycles. The predicted molar refractivity (Wildman–Crippen MR) is 53.1 cm³/mol. The summed E-state index contributed by atoms with van der Waals surface area (Å²) in [6, 6.07) is 5.27. The van der Waals surface area contributed by atoms with E-state index in [1.54, 1.807) is 32.2 Å². The van der Waals surface area contributed by atoms with Gasteiger partial charge < -0.3 is 5.32 Å². The minimum Gasteiger partial charge on any atom is -0.310 e. The molecule has 0 fully saturated rings. The monoisotopic (exact) mass is 179 g/mol.